The average Bonchev–Trinajstić information content (AvgIpc) is 2.28. The van der Waals surface area contributed by atoms with Gasteiger partial charge in [0.25, 0.3) is 0 Å². The zero-order chi connectivity index (χ0) is 12.0. The van der Waals surface area contributed by atoms with Crippen molar-refractivity contribution in [2.24, 2.45) is 11.7 Å². The molecular formula is C14H23NS. The fourth-order valence-corrected chi connectivity index (χ4v) is 2.29. The number of thioether (sulfide) groups is 1. The molecule has 0 fully saturated rings. The summed E-state index contributed by atoms with van der Waals surface area (Å²) in [5, 5.41) is 0. The van der Waals surface area contributed by atoms with Gasteiger partial charge >= 0.3 is 0 Å². The van der Waals surface area contributed by atoms with Crippen LogP contribution in [0.5, 0.6) is 0 Å². The Morgan fingerprint density at radius 1 is 1.19 bits per heavy atom. The largest absolute Gasteiger partial charge is 0.327 e. The topological polar surface area (TPSA) is 26.0 Å². The van der Waals surface area contributed by atoms with Crippen LogP contribution in [0.15, 0.2) is 29.2 Å². The molecule has 0 saturated heterocycles. The van der Waals surface area contributed by atoms with Crippen LogP contribution in [0.25, 0.3) is 0 Å². The minimum Gasteiger partial charge on any atom is -0.327 e. The van der Waals surface area contributed by atoms with Crippen LogP contribution in [0, 0.1) is 5.92 Å². The predicted molar refractivity (Wildman–Crippen MR) is 74.0 cm³/mol. The van der Waals surface area contributed by atoms with Gasteiger partial charge in [-0.05, 0) is 36.5 Å². The molecule has 0 saturated carbocycles. The maximum absolute atomic E-state index is 5.94. The van der Waals surface area contributed by atoms with Gasteiger partial charge in [0.05, 0.1) is 0 Å². The summed E-state index contributed by atoms with van der Waals surface area (Å²) in [4.78, 5) is 1.36. The van der Waals surface area contributed by atoms with Crippen molar-refractivity contribution in [3.8, 4) is 0 Å². The van der Waals surface area contributed by atoms with Gasteiger partial charge in [0, 0.05) is 16.7 Å². The third-order valence-corrected chi connectivity index (χ3v) is 3.97. The molecule has 0 spiro atoms. The summed E-state index contributed by atoms with van der Waals surface area (Å²) in [6, 6.07) is 9.14. The molecule has 16 heavy (non-hydrogen) atoms. The molecule has 1 aromatic carbocycles. The van der Waals surface area contributed by atoms with Gasteiger partial charge in [-0.1, -0.05) is 32.9 Å². The van der Waals surface area contributed by atoms with E-state index >= 15 is 0 Å². The number of rotatable bonds is 6. The quantitative estimate of drug-likeness (QED) is 0.763. The van der Waals surface area contributed by atoms with Crippen molar-refractivity contribution >= 4 is 11.8 Å². The molecule has 1 aromatic rings. The molecular weight excluding hydrogens is 214 g/mol. The summed E-state index contributed by atoms with van der Waals surface area (Å²) in [5.41, 5.74) is 7.29. The Balaban J connectivity index is 2.47. The Hall–Kier alpha value is -0.470. The zero-order valence-electron chi connectivity index (χ0n) is 10.6. The van der Waals surface area contributed by atoms with Crippen molar-refractivity contribution < 1.29 is 0 Å². The van der Waals surface area contributed by atoms with Crippen LogP contribution in [0.3, 0.4) is 0 Å². The van der Waals surface area contributed by atoms with Gasteiger partial charge in [0.1, 0.15) is 0 Å². The Bertz CT molecular complexity index is 292. The lowest BCUT2D eigenvalue weighted by Gasteiger charge is -2.09. The second-order valence-electron chi connectivity index (χ2n) is 4.72. The first-order valence-electron chi connectivity index (χ1n) is 6.09. The van der Waals surface area contributed by atoms with Crippen molar-refractivity contribution in [3.63, 3.8) is 0 Å². The predicted octanol–water partition coefficient (Wildman–Crippen LogP) is 3.71. The third-order valence-electron chi connectivity index (χ3n) is 2.53. The lowest BCUT2D eigenvalue weighted by Crippen LogP contribution is -2.21. The minimum absolute atomic E-state index is 0.300. The van der Waals surface area contributed by atoms with E-state index in [1.54, 1.807) is 0 Å². The molecule has 0 aliphatic heterocycles. The highest BCUT2D eigenvalue weighted by Gasteiger charge is 2.02. The fraction of sp³-hybridized carbons (Fsp3) is 0.571. The maximum atomic E-state index is 5.94. The molecule has 1 unspecified atom stereocenters. The van der Waals surface area contributed by atoms with Crippen molar-refractivity contribution in [3.05, 3.63) is 29.8 Å². The molecule has 0 amide bonds. The summed E-state index contributed by atoms with van der Waals surface area (Å²) in [5.74, 6) is 1.94. The Kier molecular flexibility index (Phi) is 5.93. The first-order chi connectivity index (χ1) is 7.61. The second kappa shape index (κ2) is 6.97. The SMILES string of the molecule is CCC(N)Cc1ccc(SCC(C)C)cc1. The minimum atomic E-state index is 0.300. The summed E-state index contributed by atoms with van der Waals surface area (Å²) >= 11 is 1.93. The number of hydrogen-bond donors (Lipinski definition) is 1. The molecule has 0 aliphatic rings. The van der Waals surface area contributed by atoms with Gasteiger partial charge in [-0.2, -0.15) is 0 Å². The van der Waals surface area contributed by atoms with E-state index in [0.717, 1.165) is 18.8 Å². The lowest BCUT2D eigenvalue weighted by molar-refractivity contribution is 0.646. The summed E-state index contributed by atoms with van der Waals surface area (Å²) < 4.78 is 0. The number of hydrogen-bond acceptors (Lipinski definition) is 2. The molecule has 0 heterocycles. The molecule has 0 radical (unpaired) electrons. The first kappa shape index (κ1) is 13.6. The normalized spacial score (nSPS) is 13.1. The van der Waals surface area contributed by atoms with E-state index in [0.29, 0.717) is 6.04 Å². The van der Waals surface area contributed by atoms with Crippen molar-refractivity contribution in [1.82, 2.24) is 0 Å². The first-order valence-corrected chi connectivity index (χ1v) is 7.07. The van der Waals surface area contributed by atoms with Crippen LogP contribution in [0.1, 0.15) is 32.8 Å². The molecule has 0 bridgehead atoms. The zero-order valence-corrected chi connectivity index (χ0v) is 11.4. The number of nitrogens with two attached hydrogens (primary N) is 1. The maximum Gasteiger partial charge on any atom is 0.00766 e. The standard InChI is InChI=1S/C14H23NS/c1-4-13(15)9-12-5-7-14(8-6-12)16-10-11(2)3/h5-8,11,13H,4,9-10,15H2,1-3H3. The van der Waals surface area contributed by atoms with E-state index in [4.69, 9.17) is 5.73 Å². The van der Waals surface area contributed by atoms with E-state index in [2.05, 4.69) is 45.0 Å². The van der Waals surface area contributed by atoms with Gasteiger partial charge < -0.3 is 5.73 Å². The van der Waals surface area contributed by atoms with Crippen molar-refractivity contribution in [2.45, 2.75) is 44.6 Å². The van der Waals surface area contributed by atoms with E-state index in [1.807, 2.05) is 11.8 Å². The highest BCUT2D eigenvalue weighted by atomic mass is 32.2. The van der Waals surface area contributed by atoms with E-state index in [9.17, 15) is 0 Å². The second-order valence-corrected chi connectivity index (χ2v) is 5.81. The van der Waals surface area contributed by atoms with Crippen molar-refractivity contribution in [1.29, 1.82) is 0 Å². The molecule has 1 atom stereocenters. The van der Waals surface area contributed by atoms with E-state index < -0.39 is 0 Å². The number of benzene rings is 1. The molecule has 2 heteroatoms. The van der Waals surface area contributed by atoms with Crippen LogP contribution in [-0.4, -0.2) is 11.8 Å². The highest BCUT2D eigenvalue weighted by Crippen LogP contribution is 2.21. The summed E-state index contributed by atoms with van der Waals surface area (Å²) in [6.45, 7) is 6.64. The van der Waals surface area contributed by atoms with Gasteiger partial charge in [-0.3, -0.25) is 0 Å². The molecule has 2 N–H and O–H groups in total. The van der Waals surface area contributed by atoms with Crippen LogP contribution >= 0.6 is 11.8 Å². The Morgan fingerprint density at radius 2 is 1.81 bits per heavy atom. The Labute approximate surface area is 104 Å². The summed E-state index contributed by atoms with van der Waals surface area (Å²) in [6.07, 6.45) is 2.04. The highest BCUT2D eigenvalue weighted by molar-refractivity contribution is 7.99. The fourth-order valence-electron chi connectivity index (χ4n) is 1.43. The van der Waals surface area contributed by atoms with Crippen LogP contribution in [-0.2, 0) is 6.42 Å². The average molecular weight is 237 g/mol. The van der Waals surface area contributed by atoms with E-state index in [1.165, 1.54) is 16.2 Å². The lowest BCUT2D eigenvalue weighted by atomic mass is 10.1. The van der Waals surface area contributed by atoms with Crippen LogP contribution < -0.4 is 5.73 Å². The van der Waals surface area contributed by atoms with Gasteiger partial charge in [-0.25, -0.2) is 0 Å². The van der Waals surface area contributed by atoms with E-state index in [-0.39, 0.29) is 0 Å². The van der Waals surface area contributed by atoms with Crippen molar-refractivity contribution in [2.75, 3.05) is 5.75 Å². The molecule has 90 valence electrons. The molecule has 0 aromatic heterocycles. The third kappa shape index (κ3) is 5.04. The van der Waals surface area contributed by atoms with Gasteiger partial charge in [-0.15, -0.1) is 11.8 Å². The summed E-state index contributed by atoms with van der Waals surface area (Å²) in [7, 11) is 0. The molecule has 0 aliphatic carbocycles. The Morgan fingerprint density at radius 3 is 2.31 bits per heavy atom. The molecule has 1 rings (SSSR count). The van der Waals surface area contributed by atoms with Gasteiger partial charge in [0.2, 0.25) is 0 Å². The smallest absolute Gasteiger partial charge is 0.00766 e. The van der Waals surface area contributed by atoms with Crippen LogP contribution in [0.4, 0.5) is 0 Å². The van der Waals surface area contributed by atoms with Crippen LogP contribution in [0.2, 0.25) is 0 Å². The van der Waals surface area contributed by atoms with Gasteiger partial charge in [0.15, 0.2) is 0 Å². The molecule has 1 nitrogen and oxygen atoms in total. The monoisotopic (exact) mass is 237 g/mol.